The molecule has 1 rings (SSSR count). The molecule has 1 heterocycles. The predicted octanol–water partition coefficient (Wildman–Crippen LogP) is 1.46. The second-order valence-electron chi connectivity index (χ2n) is 2.97. The Balaban J connectivity index is 2.56. The van der Waals surface area contributed by atoms with E-state index >= 15 is 0 Å². The van der Waals surface area contributed by atoms with Crippen LogP contribution in [-0.2, 0) is 0 Å². The van der Waals surface area contributed by atoms with Gasteiger partial charge in [0.15, 0.2) is 10.4 Å². The molecule has 14 heavy (non-hydrogen) atoms. The maximum atomic E-state index is 11.6. The van der Waals surface area contributed by atoms with Gasteiger partial charge in [0.25, 0.3) is 5.91 Å². The first-order valence-corrected chi connectivity index (χ1v) is 5.15. The van der Waals surface area contributed by atoms with Gasteiger partial charge < -0.3 is 15.1 Å². The Kier molecular flexibility index (Phi) is 4.16. The number of rotatable bonds is 4. The third-order valence-corrected chi connectivity index (χ3v) is 2.25. The Labute approximate surface area is 91.2 Å². The van der Waals surface area contributed by atoms with Gasteiger partial charge in [0.1, 0.15) is 0 Å². The summed E-state index contributed by atoms with van der Waals surface area (Å²) in [6.45, 7) is 1.23. The normalized spacial score (nSPS) is 10.2. The molecule has 0 atom stereocenters. The Morgan fingerprint density at radius 2 is 2.36 bits per heavy atom. The lowest BCUT2D eigenvalue weighted by molar-refractivity contribution is 0.0761. The number of halogens is 1. The molecule has 5 heteroatoms. The fourth-order valence-corrected chi connectivity index (χ4v) is 1.35. The molecule has 0 saturated carbocycles. The van der Waals surface area contributed by atoms with E-state index in [9.17, 15) is 4.79 Å². The maximum absolute atomic E-state index is 11.6. The topological polar surface area (TPSA) is 59.5 Å². The van der Waals surface area contributed by atoms with Crippen molar-refractivity contribution in [2.45, 2.75) is 6.42 Å². The van der Waals surface area contributed by atoms with Gasteiger partial charge in [0.2, 0.25) is 0 Å². The van der Waals surface area contributed by atoms with Crippen molar-refractivity contribution in [3.63, 3.8) is 0 Å². The van der Waals surface area contributed by atoms with Gasteiger partial charge in [-0.3, -0.25) is 4.79 Å². The summed E-state index contributed by atoms with van der Waals surface area (Å²) in [6.07, 6.45) is 0.796. The summed E-state index contributed by atoms with van der Waals surface area (Å²) in [5.41, 5.74) is 5.35. The zero-order valence-corrected chi connectivity index (χ0v) is 9.58. The van der Waals surface area contributed by atoms with Gasteiger partial charge in [0.05, 0.1) is 0 Å². The molecular weight excluding hydrogens is 248 g/mol. The average molecular weight is 261 g/mol. The van der Waals surface area contributed by atoms with Crippen LogP contribution in [-0.4, -0.2) is 30.9 Å². The lowest BCUT2D eigenvalue weighted by Gasteiger charge is -2.14. The highest BCUT2D eigenvalue weighted by Crippen LogP contribution is 2.15. The van der Waals surface area contributed by atoms with Crippen molar-refractivity contribution in [3.8, 4) is 0 Å². The van der Waals surface area contributed by atoms with E-state index < -0.39 is 0 Å². The van der Waals surface area contributed by atoms with Crippen LogP contribution in [0.25, 0.3) is 0 Å². The Hall–Kier alpha value is -0.810. The molecule has 0 aliphatic heterocycles. The highest BCUT2D eigenvalue weighted by atomic mass is 79.9. The highest BCUT2D eigenvalue weighted by Gasteiger charge is 2.14. The maximum Gasteiger partial charge on any atom is 0.289 e. The SMILES string of the molecule is CN(CCCN)C(=O)c1ccc(Br)o1. The zero-order chi connectivity index (χ0) is 10.6. The van der Waals surface area contributed by atoms with Gasteiger partial charge in [0, 0.05) is 13.6 Å². The smallest absolute Gasteiger partial charge is 0.289 e. The average Bonchev–Trinajstić information content (AvgIpc) is 2.60. The molecule has 0 spiro atoms. The van der Waals surface area contributed by atoms with Crippen LogP contribution in [0.5, 0.6) is 0 Å². The largest absolute Gasteiger partial charge is 0.444 e. The fourth-order valence-electron chi connectivity index (χ4n) is 1.05. The lowest BCUT2D eigenvalue weighted by atomic mass is 10.3. The molecule has 0 unspecified atom stereocenters. The molecule has 78 valence electrons. The van der Waals surface area contributed by atoms with Crippen LogP contribution in [0.4, 0.5) is 0 Å². The van der Waals surface area contributed by atoms with E-state index in [4.69, 9.17) is 10.2 Å². The van der Waals surface area contributed by atoms with Gasteiger partial charge in [-0.1, -0.05) is 0 Å². The van der Waals surface area contributed by atoms with Crippen molar-refractivity contribution in [2.75, 3.05) is 20.1 Å². The number of nitrogens with two attached hydrogens (primary N) is 1. The summed E-state index contributed by atoms with van der Waals surface area (Å²) in [4.78, 5) is 13.2. The fraction of sp³-hybridized carbons (Fsp3) is 0.444. The van der Waals surface area contributed by atoms with E-state index in [-0.39, 0.29) is 5.91 Å². The number of furan rings is 1. The molecule has 0 fully saturated rings. The van der Waals surface area contributed by atoms with Crippen LogP contribution >= 0.6 is 15.9 Å². The van der Waals surface area contributed by atoms with E-state index in [2.05, 4.69) is 15.9 Å². The van der Waals surface area contributed by atoms with Crippen molar-refractivity contribution in [1.82, 2.24) is 4.90 Å². The first kappa shape index (κ1) is 11.3. The molecule has 0 bridgehead atoms. The first-order chi connectivity index (χ1) is 6.65. The molecule has 1 amide bonds. The summed E-state index contributed by atoms with van der Waals surface area (Å²) in [5.74, 6) is 0.223. The van der Waals surface area contributed by atoms with E-state index in [1.165, 1.54) is 0 Å². The first-order valence-electron chi connectivity index (χ1n) is 4.36. The summed E-state index contributed by atoms with van der Waals surface area (Å²) in [6, 6.07) is 3.34. The zero-order valence-electron chi connectivity index (χ0n) is 8.00. The van der Waals surface area contributed by atoms with Gasteiger partial charge in [-0.15, -0.1) is 0 Å². The van der Waals surface area contributed by atoms with Crippen molar-refractivity contribution in [3.05, 3.63) is 22.6 Å². The minimum Gasteiger partial charge on any atom is -0.444 e. The van der Waals surface area contributed by atoms with Gasteiger partial charge in [-0.05, 0) is 41.0 Å². The molecular formula is C9H13BrN2O2. The number of carbonyl (C=O) groups is 1. The minimum atomic E-state index is -0.121. The van der Waals surface area contributed by atoms with Crippen LogP contribution in [0.2, 0.25) is 0 Å². The molecule has 0 aliphatic rings. The molecule has 0 aliphatic carbocycles. The quantitative estimate of drug-likeness (QED) is 0.892. The van der Waals surface area contributed by atoms with Gasteiger partial charge in [-0.2, -0.15) is 0 Å². The van der Waals surface area contributed by atoms with E-state index in [1.54, 1.807) is 24.1 Å². The van der Waals surface area contributed by atoms with Crippen LogP contribution in [0.15, 0.2) is 21.2 Å². The molecule has 1 aromatic rings. The molecule has 2 N–H and O–H groups in total. The second-order valence-corrected chi connectivity index (χ2v) is 3.75. The second kappa shape index (κ2) is 5.17. The molecule has 4 nitrogen and oxygen atoms in total. The monoisotopic (exact) mass is 260 g/mol. The van der Waals surface area contributed by atoms with Crippen molar-refractivity contribution in [2.24, 2.45) is 5.73 Å². The lowest BCUT2D eigenvalue weighted by Crippen LogP contribution is -2.28. The minimum absolute atomic E-state index is 0.121. The van der Waals surface area contributed by atoms with Crippen molar-refractivity contribution in [1.29, 1.82) is 0 Å². The molecule has 0 aromatic carbocycles. The third-order valence-electron chi connectivity index (χ3n) is 1.83. The summed E-state index contributed by atoms with van der Waals surface area (Å²) in [7, 11) is 1.73. The summed E-state index contributed by atoms with van der Waals surface area (Å²) in [5, 5.41) is 0. The summed E-state index contributed by atoms with van der Waals surface area (Å²) < 4.78 is 5.70. The van der Waals surface area contributed by atoms with E-state index in [1.807, 2.05) is 0 Å². The van der Waals surface area contributed by atoms with Crippen LogP contribution in [0.1, 0.15) is 17.0 Å². The number of hydrogen-bond acceptors (Lipinski definition) is 3. The molecule has 0 saturated heterocycles. The van der Waals surface area contributed by atoms with Crippen LogP contribution in [0.3, 0.4) is 0 Å². The predicted molar refractivity (Wildman–Crippen MR) is 57.0 cm³/mol. The Bertz CT molecular complexity index is 312. The standard InChI is InChI=1S/C9H13BrN2O2/c1-12(6-2-5-11)9(13)7-3-4-8(10)14-7/h3-4H,2,5-6,11H2,1H3. The van der Waals surface area contributed by atoms with E-state index in [0.29, 0.717) is 23.5 Å². The Morgan fingerprint density at radius 3 is 2.86 bits per heavy atom. The molecule has 0 radical (unpaired) electrons. The number of nitrogens with zero attached hydrogens (tertiary/aromatic N) is 1. The van der Waals surface area contributed by atoms with Gasteiger partial charge in [-0.25, -0.2) is 0 Å². The summed E-state index contributed by atoms with van der Waals surface area (Å²) >= 11 is 3.14. The number of carbonyl (C=O) groups excluding carboxylic acids is 1. The molecule has 1 aromatic heterocycles. The van der Waals surface area contributed by atoms with Gasteiger partial charge >= 0.3 is 0 Å². The van der Waals surface area contributed by atoms with Crippen LogP contribution in [0, 0.1) is 0 Å². The number of amides is 1. The van der Waals surface area contributed by atoms with Crippen molar-refractivity contribution >= 4 is 21.8 Å². The van der Waals surface area contributed by atoms with Crippen molar-refractivity contribution < 1.29 is 9.21 Å². The highest BCUT2D eigenvalue weighted by molar-refractivity contribution is 9.10. The van der Waals surface area contributed by atoms with E-state index in [0.717, 1.165) is 6.42 Å². The third kappa shape index (κ3) is 2.85. The Morgan fingerprint density at radius 1 is 1.64 bits per heavy atom. The number of hydrogen-bond donors (Lipinski definition) is 1. The van der Waals surface area contributed by atoms with Crippen LogP contribution < -0.4 is 5.73 Å².